The number of benzene rings is 1. The maximum absolute atomic E-state index is 12.9. The highest BCUT2D eigenvalue weighted by molar-refractivity contribution is 5.95. The molecule has 2 atom stereocenters. The van der Waals surface area contributed by atoms with Crippen LogP contribution in [0.2, 0.25) is 0 Å². The molecule has 2 N–H and O–H groups in total. The molecule has 0 saturated carbocycles. The molecule has 0 spiro atoms. The van der Waals surface area contributed by atoms with Crippen LogP contribution in [-0.4, -0.2) is 36.7 Å². The van der Waals surface area contributed by atoms with Crippen LogP contribution in [0, 0.1) is 0 Å². The van der Waals surface area contributed by atoms with Crippen molar-refractivity contribution in [2.75, 3.05) is 18.6 Å². The average molecular weight is 339 g/mol. The molecular formula is C16H16F3N3O2. The molecule has 2 heterocycles. The lowest BCUT2D eigenvalue weighted by Crippen LogP contribution is -2.40. The summed E-state index contributed by atoms with van der Waals surface area (Å²) in [6.45, 7) is 0.435. The molecule has 1 fully saturated rings. The molecule has 1 aromatic heterocycles. The lowest BCUT2D eigenvalue weighted by Gasteiger charge is -2.25. The van der Waals surface area contributed by atoms with Crippen molar-refractivity contribution in [2.45, 2.75) is 24.7 Å². The van der Waals surface area contributed by atoms with E-state index in [-0.39, 0.29) is 11.6 Å². The van der Waals surface area contributed by atoms with E-state index in [1.54, 1.807) is 18.1 Å². The number of primary amides is 1. The van der Waals surface area contributed by atoms with Crippen LogP contribution in [0.25, 0.3) is 10.9 Å². The zero-order valence-electron chi connectivity index (χ0n) is 12.9. The number of carbonyl (C=O) groups excluding carboxylic acids is 1. The summed E-state index contributed by atoms with van der Waals surface area (Å²) in [5.41, 5.74) is 5.54. The van der Waals surface area contributed by atoms with E-state index in [0.717, 1.165) is 12.1 Å². The van der Waals surface area contributed by atoms with Gasteiger partial charge in [0, 0.05) is 37.3 Å². The highest BCUT2D eigenvalue weighted by Gasteiger charge is 2.37. The van der Waals surface area contributed by atoms with Crippen LogP contribution in [0.15, 0.2) is 30.5 Å². The molecule has 1 aromatic carbocycles. The Labute approximate surface area is 136 Å². The molecule has 0 bridgehead atoms. The van der Waals surface area contributed by atoms with Crippen molar-refractivity contribution in [2.24, 2.45) is 5.73 Å². The molecule has 0 unspecified atom stereocenters. The minimum atomic E-state index is -4.43. The quantitative estimate of drug-likeness (QED) is 0.932. The van der Waals surface area contributed by atoms with Gasteiger partial charge in [0.05, 0.1) is 17.2 Å². The fourth-order valence-electron chi connectivity index (χ4n) is 3.06. The van der Waals surface area contributed by atoms with E-state index in [9.17, 15) is 18.0 Å². The van der Waals surface area contributed by atoms with Gasteiger partial charge in [-0.1, -0.05) is 6.07 Å². The number of halogens is 3. The Morgan fingerprint density at radius 3 is 2.75 bits per heavy atom. The Bertz CT molecular complexity index is 779. The van der Waals surface area contributed by atoms with Crippen LogP contribution in [0.4, 0.5) is 18.9 Å². The molecule has 0 aliphatic carbocycles. The fraction of sp³-hybridized carbons (Fsp3) is 0.375. The molecule has 2 aromatic rings. The first-order chi connectivity index (χ1) is 11.3. The van der Waals surface area contributed by atoms with E-state index >= 15 is 0 Å². The van der Waals surface area contributed by atoms with Crippen molar-refractivity contribution in [3.63, 3.8) is 0 Å². The van der Waals surface area contributed by atoms with Gasteiger partial charge in [-0.05, 0) is 18.2 Å². The van der Waals surface area contributed by atoms with Crippen molar-refractivity contribution in [3.8, 4) is 0 Å². The third-order valence-electron chi connectivity index (χ3n) is 4.28. The largest absolute Gasteiger partial charge is 0.416 e. The average Bonchev–Trinajstić information content (AvgIpc) is 2.97. The number of methoxy groups -OCH3 is 1. The van der Waals surface area contributed by atoms with Crippen LogP contribution in [-0.2, 0) is 15.7 Å². The number of nitrogens with zero attached hydrogens (tertiary/aromatic N) is 2. The van der Waals surface area contributed by atoms with Gasteiger partial charge in [-0.25, -0.2) is 0 Å². The monoisotopic (exact) mass is 339 g/mol. The molecule has 1 amide bonds. The molecule has 1 aliphatic heterocycles. The number of nitrogens with two attached hydrogens (primary N) is 1. The molecule has 5 nitrogen and oxygen atoms in total. The van der Waals surface area contributed by atoms with E-state index in [1.807, 2.05) is 0 Å². The number of hydrogen-bond donors (Lipinski definition) is 1. The van der Waals surface area contributed by atoms with E-state index in [0.29, 0.717) is 24.0 Å². The second-order valence-corrected chi connectivity index (χ2v) is 5.72. The summed E-state index contributed by atoms with van der Waals surface area (Å²) in [5, 5.41) is 0.536. The summed E-state index contributed by atoms with van der Waals surface area (Å²) in [5.74, 6) is -0.494. The number of carbonyl (C=O) groups is 1. The van der Waals surface area contributed by atoms with Crippen molar-refractivity contribution in [1.82, 2.24) is 4.98 Å². The van der Waals surface area contributed by atoms with E-state index in [2.05, 4.69) is 4.98 Å². The normalized spacial score (nSPS) is 21.4. The minimum absolute atomic E-state index is 0.167. The summed E-state index contributed by atoms with van der Waals surface area (Å²) in [6.07, 6.45) is -2.73. The predicted molar refractivity (Wildman–Crippen MR) is 82.5 cm³/mol. The summed E-state index contributed by atoms with van der Waals surface area (Å²) in [4.78, 5) is 17.5. The van der Waals surface area contributed by atoms with Gasteiger partial charge in [0.2, 0.25) is 5.91 Å². The highest BCUT2D eigenvalue weighted by atomic mass is 19.4. The smallest absolute Gasteiger partial charge is 0.380 e. The highest BCUT2D eigenvalue weighted by Crippen LogP contribution is 2.35. The zero-order chi connectivity index (χ0) is 17.5. The van der Waals surface area contributed by atoms with Crippen molar-refractivity contribution in [1.29, 1.82) is 0 Å². The first kappa shape index (κ1) is 16.5. The number of fused-ring (bicyclic) bond motifs is 1. The SMILES string of the molecule is CO[C@H]1C[C@@H](C(N)=O)N(c2ccnc3cc(C(F)(F)F)ccc23)C1. The second kappa shape index (κ2) is 5.94. The van der Waals surface area contributed by atoms with Crippen LogP contribution in [0.1, 0.15) is 12.0 Å². The number of rotatable bonds is 3. The molecule has 8 heteroatoms. The van der Waals surface area contributed by atoms with Crippen molar-refractivity contribution in [3.05, 3.63) is 36.0 Å². The predicted octanol–water partition coefficient (Wildman–Crippen LogP) is 2.33. The third-order valence-corrected chi connectivity index (χ3v) is 4.28. The van der Waals surface area contributed by atoms with E-state index in [4.69, 9.17) is 10.5 Å². The number of anilines is 1. The first-order valence-corrected chi connectivity index (χ1v) is 7.36. The van der Waals surface area contributed by atoms with Gasteiger partial charge in [-0.3, -0.25) is 9.78 Å². The zero-order valence-corrected chi connectivity index (χ0v) is 12.9. The number of hydrogen-bond acceptors (Lipinski definition) is 4. The van der Waals surface area contributed by atoms with Gasteiger partial charge in [0.15, 0.2) is 0 Å². The van der Waals surface area contributed by atoms with Crippen LogP contribution in [0.5, 0.6) is 0 Å². The molecule has 3 rings (SSSR count). The van der Waals surface area contributed by atoms with Crippen LogP contribution in [0.3, 0.4) is 0 Å². The van der Waals surface area contributed by atoms with Crippen LogP contribution >= 0.6 is 0 Å². The van der Waals surface area contributed by atoms with Gasteiger partial charge < -0.3 is 15.4 Å². The first-order valence-electron chi connectivity index (χ1n) is 7.36. The minimum Gasteiger partial charge on any atom is -0.380 e. The number of ether oxygens (including phenoxy) is 1. The maximum atomic E-state index is 12.9. The number of alkyl halides is 3. The molecule has 0 radical (unpaired) electrons. The summed E-state index contributed by atoms with van der Waals surface area (Å²) < 4.78 is 43.9. The molecule has 128 valence electrons. The van der Waals surface area contributed by atoms with Crippen LogP contribution < -0.4 is 10.6 Å². The molecular weight excluding hydrogens is 323 g/mol. The Morgan fingerprint density at radius 1 is 1.38 bits per heavy atom. The van der Waals surface area contributed by atoms with Gasteiger partial charge in [-0.2, -0.15) is 13.2 Å². The Hall–Kier alpha value is -2.35. The molecule has 1 saturated heterocycles. The second-order valence-electron chi connectivity index (χ2n) is 5.72. The third kappa shape index (κ3) is 2.89. The van der Waals surface area contributed by atoms with Gasteiger partial charge in [-0.15, -0.1) is 0 Å². The number of pyridine rings is 1. The van der Waals surface area contributed by atoms with Crippen molar-refractivity contribution >= 4 is 22.5 Å². The van der Waals surface area contributed by atoms with Gasteiger partial charge in [0.1, 0.15) is 6.04 Å². The standard InChI is InChI=1S/C16H16F3N3O2/c1-24-10-7-14(15(20)23)22(8-10)13-4-5-21-12-6-9(16(17,18)19)2-3-11(12)13/h2-6,10,14H,7-8H2,1H3,(H2,20,23)/t10-,14-/m0/s1. The lowest BCUT2D eigenvalue weighted by molar-refractivity contribution is -0.137. The fourth-order valence-corrected chi connectivity index (χ4v) is 3.06. The Kier molecular flexibility index (Phi) is 4.08. The van der Waals surface area contributed by atoms with Crippen molar-refractivity contribution < 1.29 is 22.7 Å². The van der Waals surface area contributed by atoms with Gasteiger partial charge >= 0.3 is 6.18 Å². The maximum Gasteiger partial charge on any atom is 0.416 e. The summed E-state index contributed by atoms with van der Waals surface area (Å²) in [7, 11) is 1.55. The van der Waals surface area contributed by atoms with E-state index in [1.165, 1.54) is 12.3 Å². The summed E-state index contributed by atoms with van der Waals surface area (Å²) in [6, 6.07) is 4.49. The van der Waals surface area contributed by atoms with Gasteiger partial charge in [0.25, 0.3) is 0 Å². The lowest BCUT2D eigenvalue weighted by atomic mass is 10.1. The topological polar surface area (TPSA) is 68.5 Å². The Balaban J connectivity index is 2.08. The summed E-state index contributed by atoms with van der Waals surface area (Å²) >= 11 is 0. The molecule has 1 aliphatic rings. The van der Waals surface area contributed by atoms with E-state index < -0.39 is 23.7 Å². The number of amides is 1. The number of aromatic nitrogens is 1. The Morgan fingerprint density at radius 2 is 2.12 bits per heavy atom. The molecule has 24 heavy (non-hydrogen) atoms.